The maximum Gasteiger partial charge on any atom is 0.253 e. The zero-order valence-corrected chi connectivity index (χ0v) is 16.5. The third-order valence-corrected chi connectivity index (χ3v) is 6.30. The monoisotopic (exact) mass is 378 g/mol. The van der Waals surface area contributed by atoms with Gasteiger partial charge in [0.05, 0.1) is 6.61 Å². The van der Waals surface area contributed by atoms with E-state index in [1.807, 2.05) is 47.4 Å². The molecule has 2 saturated heterocycles. The van der Waals surface area contributed by atoms with Gasteiger partial charge in [-0.15, -0.1) is 0 Å². The third-order valence-electron chi connectivity index (χ3n) is 6.30. The maximum atomic E-state index is 12.6. The predicted octanol–water partition coefficient (Wildman–Crippen LogP) is 3.35. The van der Waals surface area contributed by atoms with Crippen molar-refractivity contribution in [2.75, 3.05) is 26.2 Å². The molecule has 1 N–H and O–H groups in total. The fourth-order valence-electron chi connectivity index (χ4n) is 4.75. The molecule has 4 rings (SSSR count). The molecule has 2 aliphatic rings. The molecule has 0 spiro atoms. The first-order valence-electron chi connectivity index (χ1n) is 10.5. The number of benzene rings is 2. The summed E-state index contributed by atoms with van der Waals surface area (Å²) in [6, 6.07) is 18.6. The Balaban J connectivity index is 1.27. The highest BCUT2D eigenvalue weighted by Gasteiger charge is 2.32. The Labute approximate surface area is 167 Å². The van der Waals surface area contributed by atoms with Crippen molar-refractivity contribution < 1.29 is 9.90 Å². The summed E-state index contributed by atoms with van der Waals surface area (Å²) in [4.78, 5) is 17.3. The van der Waals surface area contributed by atoms with E-state index in [-0.39, 0.29) is 12.5 Å². The van der Waals surface area contributed by atoms with Gasteiger partial charge in [-0.2, -0.15) is 0 Å². The summed E-state index contributed by atoms with van der Waals surface area (Å²) in [6.07, 6.45) is 4.48. The smallest absolute Gasteiger partial charge is 0.253 e. The lowest BCUT2D eigenvalue weighted by Gasteiger charge is -2.37. The SMILES string of the molecule is O=C(c1ccccc1)N1CCC(N2CC[C@H](Cc3cccc(CO)c3)C2)CC1. The highest BCUT2D eigenvalue weighted by molar-refractivity contribution is 5.94. The molecule has 4 heteroatoms. The highest BCUT2D eigenvalue weighted by atomic mass is 16.3. The van der Waals surface area contributed by atoms with Crippen LogP contribution in [-0.2, 0) is 13.0 Å². The molecule has 2 aromatic carbocycles. The number of piperidine rings is 1. The van der Waals surface area contributed by atoms with Crippen molar-refractivity contribution in [3.63, 3.8) is 0 Å². The minimum absolute atomic E-state index is 0.116. The molecule has 1 atom stereocenters. The molecule has 4 nitrogen and oxygen atoms in total. The van der Waals surface area contributed by atoms with E-state index >= 15 is 0 Å². The molecule has 0 aliphatic carbocycles. The summed E-state index contributed by atoms with van der Waals surface area (Å²) in [5.74, 6) is 0.861. The molecule has 0 bridgehead atoms. The summed E-state index contributed by atoms with van der Waals surface area (Å²) >= 11 is 0. The Hall–Kier alpha value is -2.17. The molecular formula is C24H30N2O2. The largest absolute Gasteiger partial charge is 0.392 e. The van der Waals surface area contributed by atoms with Crippen molar-refractivity contribution in [1.29, 1.82) is 0 Å². The van der Waals surface area contributed by atoms with Gasteiger partial charge < -0.3 is 10.0 Å². The van der Waals surface area contributed by atoms with Crippen molar-refractivity contribution in [3.05, 3.63) is 71.3 Å². The van der Waals surface area contributed by atoms with Gasteiger partial charge in [-0.05, 0) is 61.4 Å². The molecule has 2 aliphatic heterocycles. The number of likely N-dealkylation sites (tertiary alicyclic amines) is 2. The van der Waals surface area contributed by atoms with Crippen LogP contribution in [0.25, 0.3) is 0 Å². The molecule has 0 aromatic heterocycles. The number of carbonyl (C=O) groups is 1. The average Bonchev–Trinajstić information content (AvgIpc) is 3.22. The first-order valence-corrected chi connectivity index (χ1v) is 10.5. The fourth-order valence-corrected chi connectivity index (χ4v) is 4.75. The molecule has 1 amide bonds. The van der Waals surface area contributed by atoms with Gasteiger partial charge in [0.1, 0.15) is 0 Å². The zero-order valence-electron chi connectivity index (χ0n) is 16.5. The summed E-state index contributed by atoms with van der Waals surface area (Å²) in [6.45, 7) is 4.16. The van der Waals surface area contributed by atoms with E-state index in [1.54, 1.807) is 0 Å². The van der Waals surface area contributed by atoms with Crippen LogP contribution >= 0.6 is 0 Å². The van der Waals surface area contributed by atoms with Crippen molar-refractivity contribution in [2.45, 2.75) is 38.3 Å². The molecule has 28 heavy (non-hydrogen) atoms. The van der Waals surface area contributed by atoms with Gasteiger partial charge in [0.2, 0.25) is 0 Å². The molecular weight excluding hydrogens is 348 g/mol. The number of hydrogen-bond donors (Lipinski definition) is 1. The molecule has 0 saturated carbocycles. The summed E-state index contributed by atoms with van der Waals surface area (Å²) in [5, 5.41) is 9.33. The Morgan fingerprint density at radius 3 is 2.43 bits per heavy atom. The van der Waals surface area contributed by atoms with Crippen molar-refractivity contribution in [3.8, 4) is 0 Å². The Bertz CT molecular complexity index is 784. The van der Waals surface area contributed by atoms with Crippen LogP contribution in [0.3, 0.4) is 0 Å². The third kappa shape index (κ3) is 4.45. The number of aliphatic hydroxyl groups excluding tert-OH is 1. The van der Waals surface area contributed by atoms with Gasteiger partial charge in [-0.25, -0.2) is 0 Å². The van der Waals surface area contributed by atoms with Crippen molar-refractivity contribution >= 4 is 5.91 Å². The van der Waals surface area contributed by atoms with Gasteiger partial charge in [0, 0.05) is 31.2 Å². The lowest BCUT2D eigenvalue weighted by atomic mass is 9.97. The van der Waals surface area contributed by atoms with E-state index in [4.69, 9.17) is 0 Å². The number of nitrogens with zero attached hydrogens (tertiary/aromatic N) is 2. The molecule has 2 heterocycles. The van der Waals surface area contributed by atoms with E-state index in [0.717, 1.165) is 50.0 Å². The molecule has 148 valence electrons. The summed E-state index contributed by atoms with van der Waals surface area (Å²) < 4.78 is 0. The van der Waals surface area contributed by atoms with Gasteiger partial charge in [0.25, 0.3) is 5.91 Å². The summed E-state index contributed by atoms with van der Waals surface area (Å²) in [5.41, 5.74) is 3.14. The number of rotatable bonds is 5. The minimum Gasteiger partial charge on any atom is -0.392 e. The standard InChI is InChI=1S/C24H30N2O2/c27-18-21-6-4-5-19(16-21)15-20-9-12-26(17-20)23-10-13-25(14-11-23)24(28)22-7-2-1-3-8-22/h1-8,16,20,23,27H,9-15,17-18H2/t20-/m1/s1. The second-order valence-corrected chi connectivity index (χ2v) is 8.22. The lowest BCUT2D eigenvalue weighted by molar-refractivity contribution is 0.0641. The van der Waals surface area contributed by atoms with Crippen LogP contribution in [0.15, 0.2) is 54.6 Å². The average molecular weight is 379 g/mol. The minimum atomic E-state index is 0.116. The topological polar surface area (TPSA) is 43.8 Å². The first-order chi connectivity index (χ1) is 13.7. The van der Waals surface area contributed by atoms with E-state index in [2.05, 4.69) is 17.0 Å². The van der Waals surface area contributed by atoms with Crippen molar-refractivity contribution in [2.24, 2.45) is 5.92 Å². The second kappa shape index (κ2) is 8.89. The number of amides is 1. The first kappa shape index (κ1) is 19.2. The lowest BCUT2D eigenvalue weighted by Crippen LogP contribution is -2.46. The quantitative estimate of drug-likeness (QED) is 0.868. The molecule has 2 fully saturated rings. The van der Waals surface area contributed by atoms with Crippen LogP contribution < -0.4 is 0 Å². The number of hydrogen-bond acceptors (Lipinski definition) is 3. The van der Waals surface area contributed by atoms with E-state index in [1.165, 1.54) is 18.5 Å². The van der Waals surface area contributed by atoms with E-state index in [0.29, 0.717) is 12.0 Å². The van der Waals surface area contributed by atoms with E-state index < -0.39 is 0 Å². The van der Waals surface area contributed by atoms with Gasteiger partial charge >= 0.3 is 0 Å². The Morgan fingerprint density at radius 1 is 0.929 bits per heavy atom. The number of aliphatic hydroxyl groups is 1. The molecule has 2 aromatic rings. The van der Waals surface area contributed by atoms with Crippen LogP contribution in [0.2, 0.25) is 0 Å². The summed E-state index contributed by atoms with van der Waals surface area (Å²) in [7, 11) is 0. The zero-order chi connectivity index (χ0) is 19.3. The van der Waals surface area contributed by atoms with Crippen LogP contribution in [0.5, 0.6) is 0 Å². The Morgan fingerprint density at radius 2 is 1.68 bits per heavy atom. The normalized spacial score (nSPS) is 21.2. The maximum absolute atomic E-state index is 12.6. The van der Waals surface area contributed by atoms with Crippen LogP contribution in [0.1, 0.15) is 40.7 Å². The van der Waals surface area contributed by atoms with Crippen molar-refractivity contribution in [1.82, 2.24) is 9.80 Å². The van der Waals surface area contributed by atoms with Crippen LogP contribution in [0, 0.1) is 5.92 Å². The van der Waals surface area contributed by atoms with Crippen LogP contribution in [-0.4, -0.2) is 53.0 Å². The fraction of sp³-hybridized carbons (Fsp3) is 0.458. The van der Waals surface area contributed by atoms with Gasteiger partial charge in [-0.1, -0.05) is 42.5 Å². The molecule has 0 unspecified atom stereocenters. The van der Waals surface area contributed by atoms with E-state index in [9.17, 15) is 9.90 Å². The van der Waals surface area contributed by atoms with Gasteiger partial charge in [0.15, 0.2) is 0 Å². The molecule has 0 radical (unpaired) electrons. The number of carbonyl (C=O) groups excluding carboxylic acids is 1. The Kier molecular flexibility index (Phi) is 6.08. The second-order valence-electron chi connectivity index (χ2n) is 8.22. The predicted molar refractivity (Wildman–Crippen MR) is 111 cm³/mol. The van der Waals surface area contributed by atoms with Crippen LogP contribution in [0.4, 0.5) is 0 Å². The highest BCUT2D eigenvalue weighted by Crippen LogP contribution is 2.27. The van der Waals surface area contributed by atoms with Gasteiger partial charge in [-0.3, -0.25) is 9.69 Å².